The van der Waals surface area contributed by atoms with Crippen LogP contribution in [0.4, 0.5) is 10.5 Å². The van der Waals surface area contributed by atoms with Crippen molar-refractivity contribution in [2.24, 2.45) is 11.8 Å². The Hall–Kier alpha value is -1.27. The van der Waals surface area contributed by atoms with Gasteiger partial charge in [0, 0.05) is 42.4 Å². The van der Waals surface area contributed by atoms with Crippen molar-refractivity contribution in [3.63, 3.8) is 0 Å². The quantitative estimate of drug-likeness (QED) is 0.725. The molecule has 5 nitrogen and oxygen atoms in total. The molecule has 140 valence electrons. The van der Waals surface area contributed by atoms with Crippen molar-refractivity contribution in [3.8, 4) is 0 Å². The molecule has 1 aromatic carbocycles. The number of hydrogen-bond acceptors (Lipinski definition) is 3. The maximum Gasteiger partial charge on any atom is 0.314 e. The van der Waals surface area contributed by atoms with Gasteiger partial charge in [-0.05, 0) is 50.6 Å². The second-order valence-corrected chi connectivity index (χ2v) is 8.36. The van der Waals surface area contributed by atoms with Crippen LogP contribution in [0.25, 0.3) is 0 Å². The summed E-state index contributed by atoms with van der Waals surface area (Å²) in [7, 11) is 4.11. The molecule has 0 saturated carbocycles. The number of nitrogens with zero attached hydrogens (tertiary/aromatic N) is 2. The maximum absolute atomic E-state index is 12.1. The Balaban J connectivity index is 1.72. The second-order valence-electron chi connectivity index (χ2n) is 7.45. The van der Waals surface area contributed by atoms with Gasteiger partial charge in [0.15, 0.2) is 0 Å². The summed E-state index contributed by atoms with van der Waals surface area (Å²) in [5.74, 6) is 1.00. The summed E-state index contributed by atoms with van der Waals surface area (Å²) in [5, 5.41) is 6.04. The van der Waals surface area contributed by atoms with Crippen LogP contribution in [-0.4, -0.2) is 57.2 Å². The molecule has 0 aliphatic carbocycles. The summed E-state index contributed by atoms with van der Waals surface area (Å²) < 4.78 is 1.10. The molecule has 1 fully saturated rings. The smallest absolute Gasteiger partial charge is 0.314 e. The molecule has 1 aliphatic rings. The zero-order valence-electron chi connectivity index (χ0n) is 15.8. The number of halogens is 1. The van der Waals surface area contributed by atoms with Gasteiger partial charge in [-0.1, -0.05) is 35.8 Å². The molecule has 1 aliphatic heterocycles. The minimum atomic E-state index is -0.0617. The van der Waals surface area contributed by atoms with E-state index in [4.69, 9.17) is 0 Å². The number of rotatable bonds is 7. The van der Waals surface area contributed by atoms with E-state index in [0.29, 0.717) is 24.4 Å². The normalized spacial score (nSPS) is 18.7. The highest BCUT2D eigenvalue weighted by molar-refractivity contribution is 9.10. The molecule has 1 heterocycles. The first-order chi connectivity index (χ1) is 11.9. The topological polar surface area (TPSA) is 47.6 Å². The number of carbonyl (C=O) groups excluding carboxylic acids is 1. The molecular formula is C19H31BrN4O. The van der Waals surface area contributed by atoms with Crippen molar-refractivity contribution in [3.05, 3.63) is 28.7 Å². The van der Waals surface area contributed by atoms with E-state index in [2.05, 4.69) is 82.5 Å². The van der Waals surface area contributed by atoms with Crippen LogP contribution in [0.3, 0.4) is 0 Å². The van der Waals surface area contributed by atoms with Crippen molar-refractivity contribution >= 4 is 27.6 Å². The third-order valence-corrected chi connectivity index (χ3v) is 5.41. The molecule has 2 amide bonds. The molecule has 25 heavy (non-hydrogen) atoms. The van der Waals surface area contributed by atoms with E-state index in [1.165, 1.54) is 5.69 Å². The van der Waals surface area contributed by atoms with E-state index >= 15 is 0 Å². The minimum absolute atomic E-state index is 0.0617. The molecule has 0 unspecified atom stereocenters. The van der Waals surface area contributed by atoms with Gasteiger partial charge in [-0.25, -0.2) is 4.79 Å². The summed E-state index contributed by atoms with van der Waals surface area (Å²) in [4.78, 5) is 16.6. The average molecular weight is 411 g/mol. The van der Waals surface area contributed by atoms with Crippen LogP contribution in [0.2, 0.25) is 0 Å². The molecular weight excluding hydrogens is 380 g/mol. The highest BCUT2D eigenvalue weighted by Crippen LogP contribution is 2.25. The van der Waals surface area contributed by atoms with E-state index in [9.17, 15) is 4.79 Å². The predicted octanol–water partition coefficient (Wildman–Crippen LogP) is 3.16. The van der Waals surface area contributed by atoms with Crippen LogP contribution in [0.5, 0.6) is 0 Å². The SMILES string of the molecule is CC(C)[C@@H](CNC(=O)NC[C@@H]1CCN(c2cccc(Br)c2)C1)N(C)C. The summed E-state index contributed by atoms with van der Waals surface area (Å²) in [6.45, 7) is 7.79. The Kier molecular flexibility index (Phi) is 7.56. The third-order valence-electron chi connectivity index (χ3n) is 4.92. The fraction of sp³-hybridized carbons (Fsp3) is 0.632. The summed E-state index contributed by atoms with van der Waals surface area (Å²) in [6.07, 6.45) is 1.11. The van der Waals surface area contributed by atoms with E-state index in [-0.39, 0.29) is 6.03 Å². The molecule has 2 atom stereocenters. The number of hydrogen-bond donors (Lipinski definition) is 2. The lowest BCUT2D eigenvalue weighted by Gasteiger charge is -2.28. The van der Waals surface area contributed by atoms with E-state index in [1.807, 2.05) is 6.07 Å². The molecule has 1 saturated heterocycles. The first-order valence-corrected chi connectivity index (χ1v) is 9.84. The van der Waals surface area contributed by atoms with Crippen molar-refractivity contribution in [2.75, 3.05) is 45.2 Å². The first kappa shape index (κ1) is 20.0. The highest BCUT2D eigenvalue weighted by Gasteiger charge is 2.23. The Morgan fingerprint density at radius 1 is 1.36 bits per heavy atom. The van der Waals surface area contributed by atoms with Gasteiger partial charge in [0.05, 0.1) is 0 Å². The van der Waals surface area contributed by atoms with Gasteiger partial charge < -0.3 is 20.4 Å². The van der Waals surface area contributed by atoms with Crippen LogP contribution in [-0.2, 0) is 0 Å². The monoisotopic (exact) mass is 410 g/mol. The highest BCUT2D eigenvalue weighted by atomic mass is 79.9. The number of anilines is 1. The van der Waals surface area contributed by atoms with Crippen LogP contribution in [0.15, 0.2) is 28.7 Å². The Morgan fingerprint density at radius 2 is 2.12 bits per heavy atom. The average Bonchev–Trinajstić information content (AvgIpc) is 3.01. The number of carbonyl (C=O) groups is 1. The molecule has 0 aromatic heterocycles. The number of likely N-dealkylation sites (N-methyl/N-ethyl adjacent to an activating group) is 1. The lowest BCUT2D eigenvalue weighted by molar-refractivity contribution is 0.212. The zero-order chi connectivity index (χ0) is 18.4. The molecule has 2 rings (SSSR count). The first-order valence-electron chi connectivity index (χ1n) is 9.05. The van der Waals surface area contributed by atoms with Crippen molar-refractivity contribution < 1.29 is 4.79 Å². The molecule has 0 radical (unpaired) electrons. The molecule has 0 spiro atoms. The van der Waals surface area contributed by atoms with Crippen LogP contribution >= 0.6 is 15.9 Å². The summed E-state index contributed by atoms with van der Waals surface area (Å²) in [6, 6.07) is 8.68. The van der Waals surface area contributed by atoms with E-state index < -0.39 is 0 Å². The van der Waals surface area contributed by atoms with E-state index in [0.717, 1.165) is 30.5 Å². The maximum atomic E-state index is 12.1. The van der Waals surface area contributed by atoms with Crippen LogP contribution < -0.4 is 15.5 Å². The predicted molar refractivity (Wildman–Crippen MR) is 108 cm³/mol. The fourth-order valence-electron chi connectivity index (χ4n) is 3.42. The number of urea groups is 1. The van der Waals surface area contributed by atoms with Gasteiger partial charge in [0.25, 0.3) is 0 Å². The van der Waals surface area contributed by atoms with Crippen LogP contribution in [0.1, 0.15) is 20.3 Å². The second kappa shape index (κ2) is 9.43. The number of amides is 2. The van der Waals surface area contributed by atoms with Crippen LogP contribution in [0, 0.1) is 11.8 Å². The lowest BCUT2D eigenvalue weighted by atomic mass is 10.0. The van der Waals surface area contributed by atoms with Gasteiger partial charge in [0.2, 0.25) is 0 Å². The van der Waals surface area contributed by atoms with Crippen molar-refractivity contribution in [1.82, 2.24) is 15.5 Å². The van der Waals surface area contributed by atoms with Crippen molar-refractivity contribution in [2.45, 2.75) is 26.3 Å². The Morgan fingerprint density at radius 3 is 2.76 bits per heavy atom. The van der Waals surface area contributed by atoms with Gasteiger partial charge in [0.1, 0.15) is 0 Å². The molecule has 1 aromatic rings. The van der Waals surface area contributed by atoms with Gasteiger partial charge in [-0.3, -0.25) is 0 Å². The largest absolute Gasteiger partial charge is 0.371 e. The van der Waals surface area contributed by atoms with E-state index in [1.54, 1.807) is 0 Å². The van der Waals surface area contributed by atoms with Crippen molar-refractivity contribution in [1.29, 1.82) is 0 Å². The molecule has 2 N–H and O–H groups in total. The third kappa shape index (κ3) is 6.19. The summed E-state index contributed by atoms with van der Waals surface area (Å²) >= 11 is 3.53. The number of nitrogens with one attached hydrogen (secondary N) is 2. The lowest BCUT2D eigenvalue weighted by Crippen LogP contribution is -2.47. The standard InChI is InChI=1S/C19H31BrN4O/c1-14(2)18(23(3)4)12-22-19(25)21-11-15-8-9-24(13-15)17-7-5-6-16(20)10-17/h5-7,10,14-15,18H,8-9,11-13H2,1-4H3,(H2,21,22,25)/t15-,18+/m0/s1. The fourth-order valence-corrected chi connectivity index (χ4v) is 3.81. The van der Waals surface area contributed by atoms with Gasteiger partial charge >= 0.3 is 6.03 Å². The number of benzene rings is 1. The Labute approximate surface area is 160 Å². The minimum Gasteiger partial charge on any atom is -0.371 e. The molecule has 6 heteroatoms. The summed E-state index contributed by atoms with van der Waals surface area (Å²) in [5.41, 5.74) is 1.24. The zero-order valence-corrected chi connectivity index (χ0v) is 17.3. The molecule has 0 bridgehead atoms. The van der Waals surface area contributed by atoms with Gasteiger partial charge in [-0.2, -0.15) is 0 Å². The van der Waals surface area contributed by atoms with Gasteiger partial charge in [-0.15, -0.1) is 0 Å². The Bertz CT molecular complexity index is 556.